The second-order valence-electron chi connectivity index (χ2n) is 4.88. The topological polar surface area (TPSA) is 9.23 Å². The molecule has 0 aromatic heterocycles. The minimum absolute atomic E-state index is 0.540. The molecule has 101 valence electrons. The predicted octanol–water partition coefficient (Wildman–Crippen LogP) is 4.08. The SMILES string of the molecule is [Sn][O]C(c1ccccc1)(c1ccccc1)c1ccccc1. The second-order valence-corrected chi connectivity index (χ2v) is 5.46. The molecule has 0 bridgehead atoms. The fraction of sp³-hybridized carbons (Fsp3) is 0.0526. The van der Waals surface area contributed by atoms with E-state index in [-0.39, 0.29) is 0 Å². The van der Waals surface area contributed by atoms with Crippen molar-refractivity contribution in [3.8, 4) is 0 Å². The van der Waals surface area contributed by atoms with Crippen LogP contribution in [-0.2, 0) is 8.68 Å². The van der Waals surface area contributed by atoms with E-state index in [1.54, 1.807) is 0 Å². The number of hydrogen-bond acceptors (Lipinski definition) is 1. The van der Waals surface area contributed by atoms with Crippen LogP contribution in [0.2, 0.25) is 0 Å². The van der Waals surface area contributed by atoms with Crippen LogP contribution in [0.1, 0.15) is 16.7 Å². The van der Waals surface area contributed by atoms with E-state index < -0.39 is 5.60 Å². The van der Waals surface area contributed by atoms with Crippen molar-refractivity contribution in [2.45, 2.75) is 5.60 Å². The predicted molar refractivity (Wildman–Crippen MR) is 86.0 cm³/mol. The fourth-order valence-electron chi connectivity index (χ4n) is 2.70. The minimum atomic E-state index is -0.540. The summed E-state index contributed by atoms with van der Waals surface area (Å²) in [6.45, 7) is 0. The molecule has 0 atom stereocenters. The van der Waals surface area contributed by atoms with E-state index in [2.05, 4.69) is 72.8 Å². The summed E-state index contributed by atoms with van der Waals surface area (Å²) in [5.41, 5.74) is 2.92. The Bertz CT molecular complexity index is 584. The zero-order valence-corrected chi connectivity index (χ0v) is 14.4. The van der Waals surface area contributed by atoms with Crippen molar-refractivity contribution < 1.29 is 3.07 Å². The molecule has 0 saturated carbocycles. The molecular formula is C19H15OSn. The summed E-state index contributed by atoms with van der Waals surface area (Å²) in [4.78, 5) is 0. The molecule has 2 heteroatoms. The third-order valence-corrected chi connectivity index (χ3v) is 4.57. The van der Waals surface area contributed by atoms with E-state index in [4.69, 9.17) is 3.07 Å². The molecule has 3 radical (unpaired) electrons. The van der Waals surface area contributed by atoms with Gasteiger partial charge in [-0.2, -0.15) is 0 Å². The van der Waals surface area contributed by atoms with Crippen molar-refractivity contribution in [3.05, 3.63) is 108 Å². The molecular weight excluding hydrogens is 363 g/mol. The van der Waals surface area contributed by atoms with Crippen molar-refractivity contribution in [3.63, 3.8) is 0 Å². The average molecular weight is 378 g/mol. The standard InChI is InChI=1S/C19H15O.Sn/c20-19(16-10-4-1-5-11-16,17-12-6-2-7-13-17)18-14-8-3-9-15-18;/h1-15H;/q-1;+1. The molecule has 0 fully saturated rings. The summed E-state index contributed by atoms with van der Waals surface area (Å²) in [7, 11) is 0. The van der Waals surface area contributed by atoms with Gasteiger partial charge in [-0.1, -0.05) is 0 Å². The summed E-state index contributed by atoms with van der Waals surface area (Å²) < 4.78 is 6.19. The summed E-state index contributed by atoms with van der Waals surface area (Å²) in [6, 6.07) is 31.2. The first-order chi connectivity index (χ1) is 10.4. The van der Waals surface area contributed by atoms with Crippen LogP contribution in [0.5, 0.6) is 0 Å². The second kappa shape index (κ2) is 6.46. The van der Waals surface area contributed by atoms with Gasteiger partial charge in [0.15, 0.2) is 0 Å². The number of hydrogen-bond donors (Lipinski definition) is 0. The Morgan fingerprint density at radius 1 is 0.524 bits per heavy atom. The Hall–Kier alpha value is -1.58. The Morgan fingerprint density at radius 2 is 0.810 bits per heavy atom. The van der Waals surface area contributed by atoms with Gasteiger partial charge in [-0.25, -0.2) is 0 Å². The van der Waals surface area contributed by atoms with Gasteiger partial charge in [0, 0.05) is 0 Å². The van der Waals surface area contributed by atoms with Crippen LogP contribution in [0.25, 0.3) is 0 Å². The molecule has 0 N–H and O–H groups in total. The molecule has 0 unspecified atom stereocenters. The van der Waals surface area contributed by atoms with Gasteiger partial charge in [-0.15, -0.1) is 0 Å². The number of benzene rings is 3. The van der Waals surface area contributed by atoms with E-state index in [1.165, 1.54) is 0 Å². The first-order valence-corrected chi connectivity index (χ1v) is 8.06. The molecule has 3 rings (SSSR count). The van der Waals surface area contributed by atoms with Gasteiger partial charge >= 0.3 is 139 Å². The molecule has 0 aliphatic heterocycles. The van der Waals surface area contributed by atoms with Gasteiger partial charge in [0.2, 0.25) is 0 Å². The van der Waals surface area contributed by atoms with Crippen molar-refractivity contribution in [2.24, 2.45) is 0 Å². The number of rotatable bonds is 4. The van der Waals surface area contributed by atoms with E-state index in [0.717, 1.165) is 39.6 Å². The Morgan fingerprint density at radius 3 is 1.05 bits per heavy atom. The van der Waals surface area contributed by atoms with Gasteiger partial charge in [-0.05, 0) is 0 Å². The third-order valence-electron chi connectivity index (χ3n) is 3.69. The molecule has 21 heavy (non-hydrogen) atoms. The zero-order valence-electron chi connectivity index (χ0n) is 11.6. The molecule has 1 nitrogen and oxygen atoms in total. The third kappa shape index (κ3) is 2.63. The summed E-state index contributed by atoms with van der Waals surface area (Å²) in [5, 5.41) is 0. The molecule has 0 spiro atoms. The van der Waals surface area contributed by atoms with Gasteiger partial charge in [0.25, 0.3) is 0 Å². The molecule has 0 saturated heterocycles. The van der Waals surface area contributed by atoms with Crippen LogP contribution in [0.3, 0.4) is 0 Å². The van der Waals surface area contributed by atoms with E-state index in [0.29, 0.717) is 0 Å². The van der Waals surface area contributed by atoms with Crippen molar-refractivity contribution in [1.82, 2.24) is 0 Å². The normalized spacial score (nSPS) is 11.3. The van der Waals surface area contributed by atoms with Gasteiger partial charge < -0.3 is 0 Å². The summed E-state index contributed by atoms with van der Waals surface area (Å²) >= 11 is 1.04. The first kappa shape index (κ1) is 14.4. The fourth-order valence-corrected chi connectivity index (χ4v) is 3.70. The van der Waals surface area contributed by atoms with Crippen LogP contribution >= 0.6 is 0 Å². The maximum atomic E-state index is 6.19. The monoisotopic (exact) mass is 379 g/mol. The Labute approximate surface area is 139 Å². The van der Waals surface area contributed by atoms with Crippen molar-refractivity contribution >= 4 is 22.9 Å². The summed E-state index contributed by atoms with van der Waals surface area (Å²) in [5.74, 6) is 0. The van der Waals surface area contributed by atoms with E-state index >= 15 is 0 Å². The molecule has 3 aromatic carbocycles. The van der Waals surface area contributed by atoms with Crippen LogP contribution in [0.4, 0.5) is 0 Å². The zero-order chi connectivity index (χ0) is 14.5. The van der Waals surface area contributed by atoms with Crippen LogP contribution in [-0.4, -0.2) is 22.9 Å². The Kier molecular flexibility index (Phi) is 4.42. The van der Waals surface area contributed by atoms with Gasteiger partial charge in [0.1, 0.15) is 0 Å². The molecule has 0 amide bonds. The maximum absolute atomic E-state index is 6.19. The molecule has 0 aliphatic rings. The molecule has 0 aliphatic carbocycles. The van der Waals surface area contributed by atoms with Gasteiger partial charge in [0.05, 0.1) is 0 Å². The quantitative estimate of drug-likeness (QED) is 0.491. The summed E-state index contributed by atoms with van der Waals surface area (Å²) in [6.07, 6.45) is 0. The average Bonchev–Trinajstić information content (AvgIpc) is 2.59. The van der Waals surface area contributed by atoms with Gasteiger partial charge in [-0.3, -0.25) is 0 Å². The van der Waals surface area contributed by atoms with Crippen LogP contribution in [0, 0.1) is 0 Å². The Balaban J connectivity index is 2.29. The van der Waals surface area contributed by atoms with Crippen molar-refractivity contribution in [2.75, 3.05) is 0 Å². The first-order valence-electron chi connectivity index (χ1n) is 6.89. The van der Waals surface area contributed by atoms with Crippen LogP contribution in [0.15, 0.2) is 91.0 Å². The molecule has 0 heterocycles. The van der Waals surface area contributed by atoms with Crippen LogP contribution < -0.4 is 0 Å². The van der Waals surface area contributed by atoms with E-state index in [1.807, 2.05) is 18.2 Å². The molecule has 3 aromatic rings. The van der Waals surface area contributed by atoms with E-state index in [9.17, 15) is 0 Å². The van der Waals surface area contributed by atoms with Crippen molar-refractivity contribution in [1.29, 1.82) is 0 Å².